The number of nitrogens with two attached hydrogens (primary N) is 1. The average molecular weight is 320 g/mol. The third-order valence-corrected chi connectivity index (χ3v) is 3.98. The molecular formula is C13H15F3N2O2S. The van der Waals surface area contributed by atoms with Crippen LogP contribution in [0.5, 0.6) is 5.75 Å². The van der Waals surface area contributed by atoms with Crippen molar-refractivity contribution < 1.29 is 22.7 Å². The second-order valence-electron chi connectivity index (χ2n) is 4.73. The number of halogens is 3. The van der Waals surface area contributed by atoms with Crippen molar-refractivity contribution in [1.29, 1.82) is 0 Å². The monoisotopic (exact) mass is 320 g/mol. The van der Waals surface area contributed by atoms with E-state index in [0.717, 1.165) is 23.9 Å². The molecule has 4 nitrogen and oxygen atoms in total. The van der Waals surface area contributed by atoms with Crippen molar-refractivity contribution in [3.63, 3.8) is 0 Å². The molecule has 3 N–H and O–H groups in total. The van der Waals surface area contributed by atoms with Crippen molar-refractivity contribution in [2.24, 2.45) is 5.73 Å². The van der Waals surface area contributed by atoms with E-state index in [2.05, 4.69) is 5.32 Å². The van der Waals surface area contributed by atoms with Crippen LogP contribution in [-0.2, 0) is 6.18 Å². The molecule has 0 saturated heterocycles. The van der Waals surface area contributed by atoms with Crippen LogP contribution in [0.1, 0.15) is 22.3 Å². The van der Waals surface area contributed by atoms with E-state index in [-0.39, 0.29) is 28.3 Å². The van der Waals surface area contributed by atoms with Gasteiger partial charge in [0.05, 0.1) is 18.2 Å². The van der Waals surface area contributed by atoms with Crippen LogP contribution in [0.2, 0.25) is 0 Å². The number of benzene rings is 1. The standard InChI is InChI=1S/C13H15F3N2O2S/c1-20-9-3-6(13(14,15)16)4-10(21-2)11(9)12(19)18-8-5-7(8)17/h3-4,7-8H,5,17H2,1-2H3,(H,18,19)/t7-,8+/m1/s1. The van der Waals surface area contributed by atoms with E-state index in [4.69, 9.17) is 10.5 Å². The quantitative estimate of drug-likeness (QED) is 0.835. The fourth-order valence-corrected chi connectivity index (χ4v) is 2.56. The van der Waals surface area contributed by atoms with E-state index in [0.29, 0.717) is 6.42 Å². The normalized spacial score (nSPS) is 21.0. The fraction of sp³-hybridized carbons (Fsp3) is 0.462. The second-order valence-corrected chi connectivity index (χ2v) is 5.58. The van der Waals surface area contributed by atoms with Crippen LogP contribution >= 0.6 is 11.8 Å². The van der Waals surface area contributed by atoms with Crippen LogP contribution in [0.3, 0.4) is 0 Å². The molecule has 1 amide bonds. The van der Waals surface area contributed by atoms with Gasteiger partial charge >= 0.3 is 6.18 Å². The van der Waals surface area contributed by atoms with Gasteiger partial charge in [-0.05, 0) is 24.8 Å². The zero-order chi connectivity index (χ0) is 15.8. The predicted molar refractivity (Wildman–Crippen MR) is 73.6 cm³/mol. The molecule has 1 fully saturated rings. The zero-order valence-corrected chi connectivity index (χ0v) is 12.3. The molecule has 2 atom stereocenters. The first-order chi connectivity index (χ1) is 9.77. The molecule has 1 aromatic carbocycles. The van der Waals surface area contributed by atoms with Crippen molar-refractivity contribution in [3.8, 4) is 5.75 Å². The SMILES string of the molecule is COc1cc(C(F)(F)F)cc(SC)c1C(=O)N[C@H]1C[C@H]1N. The van der Waals surface area contributed by atoms with Crippen molar-refractivity contribution >= 4 is 17.7 Å². The molecule has 21 heavy (non-hydrogen) atoms. The second kappa shape index (κ2) is 5.76. The van der Waals surface area contributed by atoms with Gasteiger partial charge in [0.15, 0.2) is 0 Å². The van der Waals surface area contributed by atoms with Gasteiger partial charge in [-0.15, -0.1) is 11.8 Å². The summed E-state index contributed by atoms with van der Waals surface area (Å²) in [4.78, 5) is 12.4. The fourth-order valence-electron chi connectivity index (χ4n) is 1.92. The van der Waals surface area contributed by atoms with E-state index >= 15 is 0 Å². The minimum absolute atomic E-state index is 0.0906. The molecule has 0 aliphatic heterocycles. The van der Waals surface area contributed by atoms with Gasteiger partial charge in [0, 0.05) is 17.0 Å². The number of hydrogen-bond donors (Lipinski definition) is 2. The lowest BCUT2D eigenvalue weighted by atomic mass is 10.1. The number of nitrogens with one attached hydrogen (secondary N) is 1. The maximum atomic E-state index is 12.8. The highest BCUT2D eigenvalue weighted by Gasteiger charge is 2.37. The number of alkyl halides is 3. The highest BCUT2D eigenvalue weighted by Crippen LogP contribution is 2.38. The Kier molecular flexibility index (Phi) is 4.38. The molecule has 0 radical (unpaired) electrons. The Bertz CT molecular complexity index is 538. The summed E-state index contributed by atoms with van der Waals surface area (Å²) >= 11 is 1.06. The summed E-state index contributed by atoms with van der Waals surface area (Å²) in [6.07, 6.45) is -2.22. The minimum atomic E-state index is -4.49. The van der Waals surface area contributed by atoms with E-state index in [1.54, 1.807) is 6.26 Å². The molecule has 0 bridgehead atoms. The van der Waals surface area contributed by atoms with Crippen molar-refractivity contribution in [1.82, 2.24) is 5.32 Å². The molecule has 1 saturated carbocycles. The molecule has 0 aromatic heterocycles. The summed E-state index contributed by atoms with van der Waals surface area (Å²) in [5.41, 5.74) is 4.88. The van der Waals surface area contributed by atoms with Gasteiger partial charge in [0.25, 0.3) is 5.91 Å². The molecule has 0 heterocycles. The van der Waals surface area contributed by atoms with E-state index in [1.165, 1.54) is 7.11 Å². The van der Waals surface area contributed by atoms with Crippen molar-refractivity contribution in [2.75, 3.05) is 13.4 Å². The number of carbonyl (C=O) groups is 1. The van der Waals surface area contributed by atoms with Gasteiger partial charge in [0.2, 0.25) is 0 Å². The topological polar surface area (TPSA) is 64.3 Å². The Morgan fingerprint density at radius 3 is 2.52 bits per heavy atom. The number of amides is 1. The number of rotatable bonds is 4. The average Bonchev–Trinajstić information content (AvgIpc) is 3.11. The van der Waals surface area contributed by atoms with Crippen LogP contribution < -0.4 is 15.8 Å². The third kappa shape index (κ3) is 3.44. The molecular weight excluding hydrogens is 305 g/mol. The number of hydrogen-bond acceptors (Lipinski definition) is 4. The maximum Gasteiger partial charge on any atom is 0.416 e. The summed E-state index contributed by atoms with van der Waals surface area (Å²) in [7, 11) is 1.24. The minimum Gasteiger partial charge on any atom is -0.496 e. The lowest BCUT2D eigenvalue weighted by Crippen LogP contribution is -2.30. The van der Waals surface area contributed by atoms with Crippen LogP contribution in [0.4, 0.5) is 13.2 Å². The van der Waals surface area contributed by atoms with Gasteiger partial charge in [-0.25, -0.2) is 0 Å². The lowest BCUT2D eigenvalue weighted by molar-refractivity contribution is -0.137. The van der Waals surface area contributed by atoms with E-state index in [1.807, 2.05) is 0 Å². The highest BCUT2D eigenvalue weighted by molar-refractivity contribution is 7.98. The Labute approximate surface area is 124 Å². The van der Waals surface area contributed by atoms with Gasteiger partial charge in [-0.1, -0.05) is 0 Å². The first kappa shape index (κ1) is 16.0. The third-order valence-electron chi connectivity index (χ3n) is 3.22. The number of ether oxygens (including phenoxy) is 1. The predicted octanol–water partition coefficient (Wildman–Crippen LogP) is 2.27. The summed E-state index contributed by atoms with van der Waals surface area (Å²) < 4.78 is 43.5. The summed E-state index contributed by atoms with van der Waals surface area (Å²) in [6.45, 7) is 0. The largest absolute Gasteiger partial charge is 0.496 e. The van der Waals surface area contributed by atoms with Gasteiger partial charge in [-0.3, -0.25) is 4.79 Å². The number of carbonyl (C=O) groups excluding carboxylic acids is 1. The summed E-state index contributed by atoms with van der Waals surface area (Å²) in [6, 6.07) is 1.57. The molecule has 1 aromatic rings. The van der Waals surface area contributed by atoms with Gasteiger partial charge in [0.1, 0.15) is 5.75 Å². The maximum absolute atomic E-state index is 12.8. The Balaban J connectivity index is 2.41. The Hall–Kier alpha value is -1.41. The summed E-state index contributed by atoms with van der Waals surface area (Å²) in [5.74, 6) is -0.566. The van der Waals surface area contributed by atoms with Crippen molar-refractivity contribution in [2.45, 2.75) is 29.6 Å². The highest BCUT2D eigenvalue weighted by atomic mass is 32.2. The Morgan fingerprint density at radius 1 is 1.48 bits per heavy atom. The lowest BCUT2D eigenvalue weighted by Gasteiger charge is -2.16. The molecule has 8 heteroatoms. The molecule has 1 aliphatic carbocycles. The van der Waals surface area contributed by atoms with Crippen LogP contribution in [0, 0.1) is 0 Å². The first-order valence-electron chi connectivity index (χ1n) is 6.17. The van der Waals surface area contributed by atoms with Crippen LogP contribution in [-0.4, -0.2) is 31.4 Å². The van der Waals surface area contributed by atoms with E-state index in [9.17, 15) is 18.0 Å². The number of thioether (sulfide) groups is 1. The van der Waals surface area contributed by atoms with Gasteiger partial charge < -0.3 is 15.8 Å². The first-order valence-corrected chi connectivity index (χ1v) is 7.40. The molecule has 0 spiro atoms. The number of methoxy groups -OCH3 is 1. The van der Waals surface area contributed by atoms with Crippen LogP contribution in [0.15, 0.2) is 17.0 Å². The van der Waals surface area contributed by atoms with Crippen LogP contribution in [0.25, 0.3) is 0 Å². The molecule has 1 aliphatic rings. The van der Waals surface area contributed by atoms with Crippen molar-refractivity contribution in [3.05, 3.63) is 23.3 Å². The van der Waals surface area contributed by atoms with Gasteiger partial charge in [-0.2, -0.15) is 13.2 Å². The molecule has 2 rings (SSSR count). The summed E-state index contributed by atoms with van der Waals surface area (Å²) in [5, 5.41) is 2.69. The smallest absolute Gasteiger partial charge is 0.416 e. The zero-order valence-electron chi connectivity index (χ0n) is 11.5. The molecule has 116 valence electrons. The molecule has 0 unspecified atom stereocenters. The van der Waals surface area contributed by atoms with E-state index < -0.39 is 17.6 Å². The Morgan fingerprint density at radius 2 is 2.10 bits per heavy atom.